The van der Waals surface area contributed by atoms with Crippen molar-refractivity contribution in [3.05, 3.63) is 69.8 Å². The lowest BCUT2D eigenvalue weighted by atomic mass is 9.99. The van der Waals surface area contributed by atoms with Crippen molar-refractivity contribution in [2.75, 3.05) is 7.05 Å². The number of rotatable bonds is 5. The van der Waals surface area contributed by atoms with E-state index in [-0.39, 0.29) is 0 Å². The van der Waals surface area contributed by atoms with Gasteiger partial charge in [0.15, 0.2) is 0 Å². The largest absolute Gasteiger partial charge is 0.326 e. The van der Waals surface area contributed by atoms with Gasteiger partial charge in [-0.1, -0.05) is 42.0 Å². The van der Waals surface area contributed by atoms with Crippen molar-refractivity contribution in [2.45, 2.75) is 40.4 Å². The van der Waals surface area contributed by atoms with Gasteiger partial charge in [0.1, 0.15) is 0 Å². The van der Waals surface area contributed by atoms with E-state index in [2.05, 4.69) is 69.1 Å². The molecule has 2 N–H and O–H groups in total. The molecule has 0 amide bonds. The third-order valence-electron chi connectivity index (χ3n) is 3.95. The van der Waals surface area contributed by atoms with Gasteiger partial charge in [-0.3, -0.25) is 4.90 Å². The van der Waals surface area contributed by atoms with Crippen LogP contribution in [-0.2, 0) is 19.6 Å². The molecule has 0 fully saturated rings. The molecule has 0 heterocycles. The second-order valence-electron chi connectivity index (χ2n) is 6.07. The first-order valence-corrected chi connectivity index (χ1v) is 7.52. The lowest BCUT2D eigenvalue weighted by Gasteiger charge is -2.20. The molecule has 0 aliphatic carbocycles. The molecule has 0 radical (unpaired) electrons. The molecule has 2 rings (SSSR count). The molecule has 0 saturated heterocycles. The van der Waals surface area contributed by atoms with Gasteiger partial charge in [-0.25, -0.2) is 0 Å². The van der Waals surface area contributed by atoms with Crippen LogP contribution in [0.5, 0.6) is 0 Å². The van der Waals surface area contributed by atoms with E-state index in [0.29, 0.717) is 6.54 Å². The average Bonchev–Trinajstić information content (AvgIpc) is 2.43. The van der Waals surface area contributed by atoms with Crippen LogP contribution in [0.3, 0.4) is 0 Å². The summed E-state index contributed by atoms with van der Waals surface area (Å²) in [7, 11) is 2.17. The Morgan fingerprint density at radius 2 is 1.52 bits per heavy atom. The van der Waals surface area contributed by atoms with E-state index >= 15 is 0 Å². The van der Waals surface area contributed by atoms with Gasteiger partial charge in [0.2, 0.25) is 0 Å². The topological polar surface area (TPSA) is 29.3 Å². The van der Waals surface area contributed by atoms with Crippen molar-refractivity contribution in [3.63, 3.8) is 0 Å². The maximum absolute atomic E-state index is 5.71. The fraction of sp³-hybridized carbons (Fsp3) is 0.368. The minimum absolute atomic E-state index is 0.605. The highest BCUT2D eigenvalue weighted by Crippen LogP contribution is 2.19. The Kier molecular flexibility index (Phi) is 5.16. The molecular formula is C19H26N2. The number of hydrogen-bond acceptors (Lipinski definition) is 2. The first-order chi connectivity index (χ1) is 9.99. The Morgan fingerprint density at radius 3 is 2.14 bits per heavy atom. The second kappa shape index (κ2) is 6.88. The van der Waals surface area contributed by atoms with Crippen LogP contribution in [0.2, 0.25) is 0 Å². The Labute approximate surface area is 128 Å². The molecule has 0 aromatic heterocycles. The Morgan fingerprint density at radius 1 is 0.905 bits per heavy atom. The minimum atomic E-state index is 0.605. The summed E-state index contributed by atoms with van der Waals surface area (Å²) in [5.74, 6) is 0. The lowest BCUT2D eigenvalue weighted by Crippen LogP contribution is -2.19. The van der Waals surface area contributed by atoms with E-state index in [0.717, 1.165) is 13.1 Å². The fourth-order valence-corrected chi connectivity index (χ4v) is 2.95. The molecule has 2 aromatic carbocycles. The van der Waals surface area contributed by atoms with E-state index < -0.39 is 0 Å². The highest BCUT2D eigenvalue weighted by molar-refractivity contribution is 5.37. The second-order valence-corrected chi connectivity index (χ2v) is 6.07. The summed E-state index contributed by atoms with van der Waals surface area (Å²) in [4.78, 5) is 2.36. The number of aryl methyl sites for hydroxylation is 3. The summed E-state index contributed by atoms with van der Waals surface area (Å²) in [6.45, 7) is 9.10. The zero-order valence-corrected chi connectivity index (χ0v) is 13.6. The summed E-state index contributed by atoms with van der Waals surface area (Å²) in [5, 5.41) is 0. The van der Waals surface area contributed by atoms with Gasteiger partial charge >= 0.3 is 0 Å². The van der Waals surface area contributed by atoms with Crippen LogP contribution < -0.4 is 5.73 Å². The summed E-state index contributed by atoms with van der Waals surface area (Å²) in [5.41, 5.74) is 13.8. The monoisotopic (exact) mass is 282 g/mol. The van der Waals surface area contributed by atoms with Gasteiger partial charge in [0.25, 0.3) is 0 Å². The fourth-order valence-electron chi connectivity index (χ4n) is 2.95. The van der Waals surface area contributed by atoms with Crippen LogP contribution >= 0.6 is 0 Å². The van der Waals surface area contributed by atoms with E-state index in [1.54, 1.807) is 0 Å². The molecule has 0 aliphatic heterocycles. The summed E-state index contributed by atoms with van der Waals surface area (Å²) >= 11 is 0. The van der Waals surface area contributed by atoms with Crippen molar-refractivity contribution >= 4 is 0 Å². The van der Waals surface area contributed by atoms with Gasteiger partial charge in [-0.2, -0.15) is 0 Å². The zero-order valence-electron chi connectivity index (χ0n) is 13.6. The molecule has 2 aromatic rings. The first-order valence-electron chi connectivity index (χ1n) is 7.52. The Balaban J connectivity index is 2.09. The maximum Gasteiger partial charge on any atom is 0.0239 e. The molecule has 0 unspecified atom stereocenters. The molecule has 2 nitrogen and oxygen atoms in total. The minimum Gasteiger partial charge on any atom is -0.326 e. The molecule has 2 heteroatoms. The van der Waals surface area contributed by atoms with Crippen LogP contribution in [0.4, 0.5) is 0 Å². The Bertz CT molecular complexity index is 594. The quantitative estimate of drug-likeness (QED) is 0.906. The highest BCUT2D eigenvalue weighted by Gasteiger charge is 2.08. The zero-order chi connectivity index (χ0) is 15.4. The number of nitrogens with two attached hydrogens (primary N) is 1. The average molecular weight is 282 g/mol. The number of benzene rings is 2. The van der Waals surface area contributed by atoms with Crippen LogP contribution in [0.15, 0.2) is 36.4 Å². The molecule has 0 atom stereocenters. The van der Waals surface area contributed by atoms with E-state index in [4.69, 9.17) is 5.73 Å². The lowest BCUT2D eigenvalue weighted by molar-refractivity contribution is 0.317. The third kappa shape index (κ3) is 4.16. The summed E-state index contributed by atoms with van der Waals surface area (Å²) < 4.78 is 0. The third-order valence-corrected chi connectivity index (χ3v) is 3.95. The van der Waals surface area contributed by atoms with E-state index in [1.807, 2.05) is 0 Å². The Hall–Kier alpha value is -1.64. The number of hydrogen-bond donors (Lipinski definition) is 1. The summed E-state index contributed by atoms with van der Waals surface area (Å²) in [6.07, 6.45) is 0. The molecule has 0 aliphatic rings. The smallest absolute Gasteiger partial charge is 0.0239 e. The van der Waals surface area contributed by atoms with Crippen LogP contribution in [0, 0.1) is 20.8 Å². The van der Waals surface area contributed by atoms with Crippen molar-refractivity contribution in [1.29, 1.82) is 0 Å². The van der Waals surface area contributed by atoms with Gasteiger partial charge < -0.3 is 5.73 Å². The first kappa shape index (κ1) is 15.7. The maximum atomic E-state index is 5.71. The summed E-state index contributed by atoms with van der Waals surface area (Å²) in [6, 6.07) is 13.1. The van der Waals surface area contributed by atoms with E-state index in [1.165, 1.54) is 33.4 Å². The van der Waals surface area contributed by atoms with Gasteiger partial charge in [-0.05, 0) is 55.6 Å². The predicted octanol–water partition coefficient (Wildman–Crippen LogP) is 3.70. The van der Waals surface area contributed by atoms with Crippen molar-refractivity contribution in [2.24, 2.45) is 5.73 Å². The van der Waals surface area contributed by atoms with Crippen LogP contribution in [0.25, 0.3) is 0 Å². The predicted molar refractivity (Wildman–Crippen MR) is 90.2 cm³/mol. The molecule has 0 saturated carbocycles. The van der Waals surface area contributed by atoms with Crippen LogP contribution in [0.1, 0.15) is 33.4 Å². The molecule has 21 heavy (non-hydrogen) atoms. The molecule has 112 valence electrons. The standard InChI is InChI=1S/C19H26N2/c1-14-8-15(2)19(16(3)9-14)13-21(4)12-18-7-5-6-17(10-18)11-20/h5-10H,11-13,20H2,1-4H3. The highest BCUT2D eigenvalue weighted by atomic mass is 15.1. The SMILES string of the molecule is Cc1cc(C)c(CN(C)Cc2cccc(CN)c2)c(C)c1. The van der Waals surface area contributed by atoms with Crippen molar-refractivity contribution < 1.29 is 0 Å². The van der Waals surface area contributed by atoms with Crippen molar-refractivity contribution in [3.8, 4) is 0 Å². The molecule has 0 bridgehead atoms. The van der Waals surface area contributed by atoms with Crippen LogP contribution in [-0.4, -0.2) is 11.9 Å². The van der Waals surface area contributed by atoms with Gasteiger partial charge in [0.05, 0.1) is 0 Å². The van der Waals surface area contributed by atoms with E-state index in [9.17, 15) is 0 Å². The van der Waals surface area contributed by atoms with Crippen molar-refractivity contribution in [1.82, 2.24) is 4.90 Å². The molecule has 0 spiro atoms. The van der Waals surface area contributed by atoms with Gasteiger partial charge in [0, 0.05) is 19.6 Å². The number of nitrogens with zero attached hydrogens (tertiary/aromatic N) is 1. The molecular weight excluding hydrogens is 256 g/mol. The van der Waals surface area contributed by atoms with Gasteiger partial charge in [-0.15, -0.1) is 0 Å². The normalized spacial score (nSPS) is 11.1.